The zero-order chi connectivity index (χ0) is 10.1. The highest BCUT2D eigenvalue weighted by Gasteiger charge is 2.18. The molecule has 0 aromatic heterocycles. The Morgan fingerprint density at radius 3 is 2.86 bits per heavy atom. The molecule has 0 fully saturated rings. The highest BCUT2D eigenvalue weighted by Crippen LogP contribution is 2.29. The second kappa shape index (κ2) is 3.74. The highest BCUT2D eigenvalue weighted by atomic mass is 14.9. The molecule has 1 aromatic carbocycles. The molecule has 0 aliphatic carbocycles. The topological polar surface area (TPSA) is 12.0 Å². The summed E-state index contributed by atoms with van der Waals surface area (Å²) in [5.74, 6) is 0.648. The molecule has 1 aromatic rings. The molecule has 1 nitrogen and oxygen atoms in total. The summed E-state index contributed by atoms with van der Waals surface area (Å²) in [7, 11) is 0. The molecule has 14 heavy (non-hydrogen) atoms. The lowest BCUT2D eigenvalue weighted by molar-refractivity contribution is 0.536. The van der Waals surface area contributed by atoms with Gasteiger partial charge in [0.15, 0.2) is 0 Å². The third-order valence-corrected chi connectivity index (χ3v) is 3.16. The molecular weight excluding hydrogens is 170 g/mol. The van der Waals surface area contributed by atoms with E-state index >= 15 is 0 Å². The molecule has 0 saturated heterocycles. The molecule has 1 heterocycles. The predicted molar refractivity (Wildman–Crippen MR) is 60.7 cm³/mol. The molecule has 0 bridgehead atoms. The lowest BCUT2D eigenvalue weighted by Gasteiger charge is -2.27. The standard InChI is InChI=1S/C13H19N/c1-9(2)11-5-4-6-12-10(3)14-8-7-13(11)12/h4-6,9-10,14H,7-8H2,1-3H3/t10-/m1/s1. The van der Waals surface area contributed by atoms with Gasteiger partial charge in [-0.25, -0.2) is 0 Å². The van der Waals surface area contributed by atoms with Crippen LogP contribution in [0.15, 0.2) is 18.2 Å². The summed E-state index contributed by atoms with van der Waals surface area (Å²) >= 11 is 0. The lowest BCUT2D eigenvalue weighted by Crippen LogP contribution is -2.28. The summed E-state index contributed by atoms with van der Waals surface area (Å²) in [6.07, 6.45) is 1.19. The Balaban J connectivity index is 2.49. The molecule has 1 heteroatoms. The summed E-state index contributed by atoms with van der Waals surface area (Å²) in [5.41, 5.74) is 4.63. The van der Waals surface area contributed by atoms with Crippen LogP contribution in [0.5, 0.6) is 0 Å². The first kappa shape index (κ1) is 9.72. The van der Waals surface area contributed by atoms with Crippen LogP contribution in [-0.2, 0) is 6.42 Å². The maximum Gasteiger partial charge on any atom is 0.0294 e. The van der Waals surface area contributed by atoms with E-state index in [4.69, 9.17) is 0 Å². The van der Waals surface area contributed by atoms with Gasteiger partial charge >= 0.3 is 0 Å². The monoisotopic (exact) mass is 189 g/mol. The van der Waals surface area contributed by atoms with Crippen molar-refractivity contribution in [3.63, 3.8) is 0 Å². The number of rotatable bonds is 1. The molecular formula is C13H19N. The normalized spacial score (nSPS) is 21.0. The van der Waals surface area contributed by atoms with Gasteiger partial charge in [-0.15, -0.1) is 0 Å². The molecule has 0 radical (unpaired) electrons. The third-order valence-electron chi connectivity index (χ3n) is 3.16. The van der Waals surface area contributed by atoms with Crippen LogP contribution in [0.4, 0.5) is 0 Å². The van der Waals surface area contributed by atoms with E-state index in [1.807, 2.05) is 0 Å². The Morgan fingerprint density at radius 2 is 2.14 bits per heavy atom. The molecule has 1 N–H and O–H groups in total. The number of hydrogen-bond acceptors (Lipinski definition) is 1. The van der Waals surface area contributed by atoms with E-state index in [1.165, 1.54) is 17.5 Å². The Labute approximate surface area is 86.5 Å². The van der Waals surface area contributed by atoms with E-state index in [2.05, 4.69) is 44.3 Å². The van der Waals surface area contributed by atoms with Gasteiger partial charge in [0.2, 0.25) is 0 Å². The van der Waals surface area contributed by atoms with Crippen LogP contribution >= 0.6 is 0 Å². The fourth-order valence-electron chi connectivity index (χ4n) is 2.38. The average Bonchev–Trinajstić information content (AvgIpc) is 2.17. The van der Waals surface area contributed by atoms with Crippen LogP contribution in [-0.4, -0.2) is 6.54 Å². The lowest BCUT2D eigenvalue weighted by atomic mass is 9.87. The largest absolute Gasteiger partial charge is 0.310 e. The summed E-state index contributed by atoms with van der Waals surface area (Å²) < 4.78 is 0. The van der Waals surface area contributed by atoms with E-state index < -0.39 is 0 Å². The molecule has 1 atom stereocenters. The molecule has 0 spiro atoms. The zero-order valence-corrected chi connectivity index (χ0v) is 9.30. The maximum atomic E-state index is 3.50. The molecule has 1 aliphatic heterocycles. The van der Waals surface area contributed by atoms with Crippen molar-refractivity contribution < 1.29 is 0 Å². The minimum Gasteiger partial charge on any atom is -0.310 e. The van der Waals surface area contributed by atoms with Crippen molar-refractivity contribution in [3.05, 3.63) is 34.9 Å². The fourth-order valence-corrected chi connectivity index (χ4v) is 2.38. The van der Waals surface area contributed by atoms with Gasteiger partial charge in [0.25, 0.3) is 0 Å². The molecule has 0 saturated carbocycles. The first-order valence-corrected chi connectivity index (χ1v) is 5.55. The second-order valence-electron chi connectivity index (χ2n) is 4.50. The fraction of sp³-hybridized carbons (Fsp3) is 0.538. The van der Waals surface area contributed by atoms with Crippen LogP contribution < -0.4 is 5.32 Å². The molecule has 2 rings (SSSR count). The average molecular weight is 189 g/mol. The number of hydrogen-bond donors (Lipinski definition) is 1. The summed E-state index contributed by atoms with van der Waals surface area (Å²) in [6.45, 7) is 7.94. The van der Waals surface area contributed by atoms with Crippen molar-refractivity contribution in [2.45, 2.75) is 39.2 Å². The van der Waals surface area contributed by atoms with Crippen molar-refractivity contribution in [2.75, 3.05) is 6.54 Å². The van der Waals surface area contributed by atoms with Crippen molar-refractivity contribution in [1.29, 1.82) is 0 Å². The van der Waals surface area contributed by atoms with Crippen LogP contribution in [0.25, 0.3) is 0 Å². The number of nitrogens with one attached hydrogen (secondary N) is 1. The Morgan fingerprint density at radius 1 is 1.36 bits per heavy atom. The van der Waals surface area contributed by atoms with Gasteiger partial charge in [0, 0.05) is 6.04 Å². The van der Waals surface area contributed by atoms with Gasteiger partial charge in [0.1, 0.15) is 0 Å². The SMILES string of the molecule is CC(C)c1cccc2c1CCN[C@@H]2C. The van der Waals surface area contributed by atoms with E-state index in [-0.39, 0.29) is 0 Å². The van der Waals surface area contributed by atoms with E-state index in [0.29, 0.717) is 12.0 Å². The molecule has 76 valence electrons. The van der Waals surface area contributed by atoms with Crippen molar-refractivity contribution >= 4 is 0 Å². The van der Waals surface area contributed by atoms with Gasteiger partial charge < -0.3 is 5.32 Å². The van der Waals surface area contributed by atoms with Gasteiger partial charge in [-0.3, -0.25) is 0 Å². The summed E-state index contributed by atoms with van der Waals surface area (Å²) in [4.78, 5) is 0. The van der Waals surface area contributed by atoms with Crippen molar-refractivity contribution in [2.24, 2.45) is 0 Å². The summed E-state index contributed by atoms with van der Waals surface area (Å²) in [6, 6.07) is 7.26. The Kier molecular flexibility index (Phi) is 2.60. The molecule has 0 amide bonds. The van der Waals surface area contributed by atoms with E-state index in [1.54, 1.807) is 5.56 Å². The highest BCUT2D eigenvalue weighted by molar-refractivity contribution is 5.40. The number of fused-ring (bicyclic) bond motifs is 1. The Bertz CT molecular complexity index is 314. The number of benzene rings is 1. The minimum absolute atomic E-state index is 0.525. The van der Waals surface area contributed by atoms with Crippen molar-refractivity contribution in [3.8, 4) is 0 Å². The van der Waals surface area contributed by atoms with Gasteiger partial charge in [-0.1, -0.05) is 32.0 Å². The maximum absolute atomic E-state index is 3.50. The second-order valence-corrected chi connectivity index (χ2v) is 4.50. The first-order valence-electron chi connectivity index (χ1n) is 5.55. The third kappa shape index (κ3) is 1.57. The minimum atomic E-state index is 0.525. The summed E-state index contributed by atoms with van der Waals surface area (Å²) in [5, 5.41) is 3.50. The van der Waals surface area contributed by atoms with Crippen molar-refractivity contribution in [1.82, 2.24) is 5.32 Å². The quantitative estimate of drug-likeness (QED) is 0.716. The van der Waals surface area contributed by atoms with Crippen LogP contribution in [0.1, 0.15) is 49.4 Å². The van der Waals surface area contributed by atoms with Crippen LogP contribution in [0.3, 0.4) is 0 Å². The molecule has 1 aliphatic rings. The Hall–Kier alpha value is -0.820. The zero-order valence-electron chi connectivity index (χ0n) is 9.30. The van der Waals surface area contributed by atoms with Gasteiger partial charge in [0.05, 0.1) is 0 Å². The smallest absolute Gasteiger partial charge is 0.0294 e. The van der Waals surface area contributed by atoms with E-state index in [0.717, 1.165) is 6.54 Å². The van der Waals surface area contributed by atoms with Crippen LogP contribution in [0, 0.1) is 0 Å². The van der Waals surface area contributed by atoms with E-state index in [9.17, 15) is 0 Å². The van der Waals surface area contributed by atoms with Crippen LogP contribution in [0.2, 0.25) is 0 Å². The molecule has 0 unspecified atom stereocenters. The predicted octanol–water partition coefficient (Wildman–Crippen LogP) is 3.02. The van der Waals surface area contributed by atoms with Gasteiger partial charge in [-0.05, 0) is 42.5 Å². The first-order chi connectivity index (χ1) is 6.70. The van der Waals surface area contributed by atoms with Gasteiger partial charge in [-0.2, -0.15) is 0 Å².